The zero-order valence-electron chi connectivity index (χ0n) is 12.1. The third-order valence-electron chi connectivity index (χ3n) is 3.65. The van der Waals surface area contributed by atoms with Crippen LogP contribution in [0.4, 0.5) is 13.2 Å². The van der Waals surface area contributed by atoms with Gasteiger partial charge in [-0.3, -0.25) is 4.90 Å². The fraction of sp³-hybridized carbons (Fsp3) is 0.333. The van der Waals surface area contributed by atoms with Gasteiger partial charge in [-0.2, -0.15) is 0 Å². The molecule has 1 aliphatic heterocycles. The Morgan fingerprint density at radius 3 is 2.39 bits per heavy atom. The van der Waals surface area contributed by atoms with Crippen LogP contribution in [0.1, 0.15) is 16.5 Å². The molecule has 23 heavy (non-hydrogen) atoms. The molecule has 8 heteroatoms. The molecule has 1 N–H and O–H groups in total. The second-order valence-electron chi connectivity index (χ2n) is 4.99. The van der Waals surface area contributed by atoms with Crippen LogP contribution in [-0.4, -0.2) is 31.1 Å². The van der Waals surface area contributed by atoms with Gasteiger partial charge in [-0.05, 0) is 17.5 Å². The van der Waals surface area contributed by atoms with E-state index in [4.69, 9.17) is 0 Å². The number of thiophene rings is 1. The molecule has 2 aromatic rings. The standard InChI is InChI=1S/C15H15F3N2S.2ClH/c16-10-8-11(14(18)12(17)9-10)15(13-2-1-7-21-13)20-5-3-19-4-6-20;;/h1-2,7-9,15,19H,3-6H2;2*1H/t15-;;/m0../s1. The Balaban J connectivity index is 0.00000132. The van der Waals surface area contributed by atoms with Crippen LogP contribution in [0.15, 0.2) is 29.6 Å². The first kappa shape index (κ1) is 20.3. The summed E-state index contributed by atoms with van der Waals surface area (Å²) in [4.78, 5) is 2.94. The van der Waals surface area contributed by atoms with Crippen molar-refractivity contribution in [1.29, 1.82) is 0 Å². The lowest BCUT2D eigenvalue weighted by molar-refractivity contribution is 0.196. The maximum Gasteiger partial charge on any atom is 0.164 e. The molecule has 2 heterocycles. The summed E-state index contributed by atoms with van der Waals surface area (Å²) in [7, 11) is 0. The molecule has 1 aliphatic rings. The van der Waals surface area contributed by atoms with E-state index < -0.39 is 23.5 Å². The monoisotopic (exact) mass is 384 g/mol. The molecule has 1 saturated heterocycles. The zero-order valence-corrected chi connectivity index (χ0v) is 14.5. The van der Waals surface area contributed by atoms with Crippen LogP contribution < -0.4 is 5.32 Å². The average Bonchev–Trinajstić information content (AvgIpc) is 2.99. The molecule has 0 aliphatic carbocycles. The maximum absolute atomic E-state index is 14.2. The first-order valence-corrected chi connectivity index (χ1v) is 7.67. The molecule has 1 fully saturated rings. The molecule has 0 saturated carbocycles. The van der Waals surface area contributed by atoms with Gasteiger partial charge in [0.1, 0.15) is 5.82 Å². The summed E-state index contributed by atoms with van der Waals surface area (Å²) in [6, 6.07) is 4.98. The minimum Gasteiger partial charge on any atom is -0.314 e. The number of rotatable bonds is 3. The van der Waals surface area contributed by atoms with Crippen LogP contribution in [0.25, 0.3) is 0 Å². The Bertz CT molecular complexity index is 619. The molecular formula is C15H17Cl2F3N2S. The summed E-state index contributed by atoms with van der Waals surface area (Å²) >= 11 is 1.47. The van der Waals surface area contributed by atoms with Crippen LogP contribution in [-0.2, 0) is 0 Å². The number of benzene rings is 1. The van der Waals surface area contributed by atoms with Gasteiger partial charge in [0.25, 0.3) is 0 Å². The number of hydrogen-bond donors (Lipinski definition) is 1. The first-order chi connectivity index (χ1) is 10.2. The van der Waals surface area contributed by atoms with Crippen LogP contribution >= 0.6 is 36.2 Å². The molecule has 0 bridgehead atoms. The lowest BCUT2D eigenvalue weighted by atomic mass is 10.0. The van der Waals surface area contributed by atoms with Gasteiger partial charge in [-0.15, -0.1) is 36.2 Å². The van der Waals surface area contributed by atoms with Crippen molar-refractivity contribution in [1.82, 2.24) is 10.2 Å². The Hall–Kier alpha value is -0.790. The molecule has 1 aromatic heterocycles. The number of hydrogen-bond acceptors (Lipinski definition) is 3. The van der Waals surface area contributed by atoms with E-state index >= 15 is 0 Å². The number of nitrogens with one attached hydrogen (secondary N) is 1. The Labute approximate surface area is 149 Å². The summed E-state index contributed by atoms with van der Waals surface area (Å²) in [6.07, 6.45) is 0. The average molecular weight is 385 g/mol. The summed E-state index contributed by atoms with van der Waals surface area (Å²) in [5.41, 5.74) is 0.0665. The topological polar surface area (TPSA) is 15.3 Å². The van der Waals surface area contributed by atoms with Gasteiger partial charge in [0.05, 0.1) is 6.04 Å². The van der Waals surface area contributed by atoms with E-state index in [0.29, 0.717) is 19.2 Å². The van der Waals surface area contributed by atoms with Crippen molar-refractivity contribution in [2.75, 3.05) is 26.2 Å². The molecule has 2 nitrogen and oxygen atoms in total. The summed E-state index contributed by atoms with van der Waals surface area (Å²) in [5, 5.41) is 5.11. The molecule has 0 spiro atoms. The molecule has 0 amide bonds. The van der Waals surface area contributed by atoms with Gasteiger partial charge < -0.3 is 5.32 Å². The Morgan fingerprint density at radius 2 is 1.78 bits per heavy atom. The number of nitrogens with zero attached hydrogens (tertiary/aromatic N) is 1. The van der Waals surface area contributed by atoms with Crippen molar-refractivity contribution < 1.29 is 13.2 Å². The van der Waals surface area contributed by atoms with Gasteiger partial charge in [-0.25, -0.2) is 13.2 Å². The fourth-order valence-electron chi connectivity index (χ4n) is 2.69. The largest absolute Gasteiger partial charge is 0.314 e. The van der Waals surface area contributed by atoms with E-state index in [1.165, 1.54) is 11.3 Å². The lowest BCUT2D eigenvalue weighted by Gasteiger charge is -2.34. The van der Waals surface area contributed by atoms with Crippen molar-refractivity contribution in [3.63, 3.8) is 0 Å². The minimum atomic E-state index is -1.14. The normalized spacial score (nSPS) is 16.3. The van der Waals surface area contributed by atoms with Gasteiger partial charge in [0.2, 0.25) is 0 Å². The van der Waals surface area contributed by atoms with Crippen molar-refractivity contribution in [3.05, 3.63) is 57.5 Å². The molecule has 1 aromatic carbocycles. The van der Waals surface area contributed by atoms with Crippen LogP contribution in [0.5, 0.6) is 0 Å². The highest BCUT2D eigenvalue weighted by Gasteiger charge is 2.28. The van der Waals surface area contributed by atoms with Crippen molar-refractivity contribution in [2.24, 2.45) is 0 Å². The second-order valence-corrected chi connectivity index (χ2v) is 5.97. The molecule has 3 rings (SSSR count). The Kier molecular flexibility index (Phi) is 7.83. The quantitative estimate of drug-likeness (QED) is 0.804. The highest BCUT2D eigenvalue weighted by atomic mass is 35.5. The van der Waals surface area contributed by atoms with E-state index in [0.717, 1.165) is 24.0 Å². The van der Waals surface area contributed by atoms with Gasteiger partial charge in [0, 0.05) is 42.7 Å². The smallest absolute Gasteiger partial charge is 0.164 e. The number of halogens is 5. The van der Waals surface area contributed by atoms with Crippen molar-refractivity contribution >= 4 is 36.2 Å². The van der Waals surface area contributed by atoms with Crippen molar-refractivity contribution in [3.8, 4) is 0 Å². The zero-order chi connectivity index (χ0) is 14.8. The fourth-order valence-corrected chi connectivity index (χ4v) is 3.57. The molecule has 1 atom stereocenters. The maximum atomic E-state index is 14.2. The number of piperazine rings is 1. The summed E-state index contributed by atoms with van der Waals surface area (Å²) < 4.78 is 41.3. The van der Waals surface area contributed by atoms with E-state index in [1.54, 1.807) is 0 Å². The highest BCUT2D eigenvalue weighted by Crippen LogP contribution is 2.34. The van der Waals surface area contributed by atoms with Crippen LogP contribution in [0.2, 0.25) is 0 Å². The third kappa shape index (κ3) is 4.39. The van der Waals surface area contributed by atoms with Gasteiger partial charge >= 0.3 is 0 Å². The molecule has 0 radical (unpaired) electrons. The lowest BCUT2D eigenvalue weighted by Crippen LogP contribution is -2.45. The van der Waals surface area contributed by atoms with Gasteiger partial charge in [-0.1, -0.05) is 6.07 Å². The SMILES string of the molecule is Cl.Cl.Fc1cc(F)c(F)c([C@@H](c2cccs2)N2CCNCC2)c1. The highest BCUT2D eigenvalue weighted by molar-refractivity contribution is 7.10. The summed E-state index contributed by atoms with van der Waals surface area (Å²) in [5.74, 6) is -2.85. The van der Waals surface area contributed by atoms with Crippen LogP contribution in [0, 0.1) is 17.5 Å². The van der Waals surface area contributed by atoms with E-state index in [-0.39, 0.29) is 30.4 Å². The third-order valence-corrected chi connectivity index (χ3v) is 4.57. The predicted octanol–water partition coefficient (Wildman–Crippen LogP) is 4.00. The van der Waals surface area contributed by atoms with Crippen molar-refractivity contribution in [2.45, 2.75) is 6.04 Å². The minimum absolute atomic E-state index is 0. The Morgan fingerprint density at radius 1 is 1.09 bits per heavy atom. The van der Waals surface area contributed by atoms with Gasteiger partial charge in [0.15, 0.2) is 11.6 Å². The van der Waals surface area contributed by atoms with E-state index in [2.05, 4.69) is 10.2 Å². The van der Waals surface area contributed by atoms with Crippen LogP contribution in [0.3, 0.4) is 0 Å². The second kappa shape index (κ2) is 8.89. The predicted molar refractivity (Wildman–Crippen MR) is 91.4 cm³/mol. The van der Waals surface area contributed by atoms with E-state index in [1.807, 2.05) is 17.5 Å². The first-order valence-electron chi connectivity index (χ1n) is 6.79. The molecular weight excluding hydrogens is 368 g/mol. The molecule has 0 unspecified atom stereocenters. The van der Waals surface area contributed by atoms with E-state index in [9.17, 15) is 13.2 Å². The summed E-state index contributed by atoms with van der Waals surface area (Å²) in [6.45, 7) is 2.98. The molecule has 128 valence electrons.